The van der Waals surface area contributed by atoms with Crippen molar-refractivity contribution in [3.8, 4) is 0 Å². The summed E-state index contributed by atoms with van der Waals surface area (Å²) in [5, 5.41) is 3.39. The van der Waals surface area contributed by atoms with Gasteiger partial charge in [0, 0.05) is 26.2 Å². The number of morpholine rings is 1. The molecule has 1 N–H and O–H groups in total. The largest absolute Gasteiger partial charge is 0.371 e. The molecule has 3 heteroatoms. The summed E-state index contributed by atoms with van der Waals surface area (Å²) in [5.74, 6) is 0. The molecule has 2 fully saturated rings. The maximum absolute atomic E-state index is 5.79. The summed E-state index contributed by atoms with van der Waals surface area (Å²) in [6.07, 6.45) is 1.19. The van der Waals surface area contributed by atoms with Gasteiger partial charge in [-0.05, 0) is 13.5 Å². The van der Waals surface area contributed by atoms with Gasteiger partial charge in [-0.2, -0.15) is 0 Å². The smallest absolute Gasteiger partial charge is 0.0944 e. The monoisotopic (exact) mass is 156 g/mol. The van der Waals surface area contributed by atoms with E-state index in [0.717, 1.165) is 26.2 Å². The van der Waals surface area contributed by atoms with Crippen LogP contribution in [0.1, 0.15) is 6.42 Å². The van der Waals surface area contributed by atoms with E-state index in [0.29, 0.717) is 0 Å². The van der Waals surface area contributed by atoms with Gasteiger partial charge < -0.3 is 15.0 Å². The molecule has 3 nitrogen and oxygen atoms in total. The topological polar surface area (TPSA) is 24.5 Å². The summed E-state index contributed by atoms with van der Waals surface area (Å²) in [6.45, 7) is 5.22. The highest BCUT2D eigenvalue weighted by Gasteiger charge is 2.38. The van der Waals surface area contributed by atoms with Crippen LogP contribution in [0.25, 0.3) is 0 Å². The molecule has 0 aromatic rings. The van der Waals surface area contributed by atoms with Gasteiger partial charge in [0.05, 0.1) is 12.2 Å². The number of nitrogens with one attached hydrogen (secondary N) is 1. The lowest BCUT2D eigenvalue weighted by atomic mass is 10.0. The molecular weight excluding hydrogens is 140 g/mol. The number of hydrogen-bond acceptors (Lipinski definition) is 3. The second-order valence-electron chi connectivity index (χ2n) is 3.70. The first-order valence-corrected chi connectivity index (χ1v) is 4.34. The molecule has 0 radical (unpaired) electrons. The second-order valence-corrected chi connectivity index (χ2v) is 3.70. The van der Waals surface area contributed by atoms with Crippen molar-refractivity contribution in [3.63, 3.8) is 0 Å². The molecular formula is C8H16N2O. The molecule has 2 aliphatic heterocycles. The Balaban J connectivity index is 1.98. The van der Waals surface area contributed by atoms with E-state index in [1.807, 2.05) is 0 Å². The molecule has 64 valence electrons. The van der Waals surface area contributed by atoms with Crippen LogP contribution in [-0.2, 0) is 4.74 Å². The van der Waals surface area contributed by atoms with Crippen molar-refractivity contribution in [1.82, 2.24) is 10.2 Å². The highest BCUT2D eigenvalue weighted by molar-refractivity contribution is 4.94. The van der Waals surface area contributed by atoms with Gasteiger partial charge in [-0.1, -0.05) is 0 Å². The molecule has 0 aromatic heterocycles. The minimum atomic E-state index is 0.160. The van der Waals surface area contributed by atoms with E-state index in [-0.39, 0.29) is 5.60 Å². The zero-order chi connectivity index (χ0) is 7.73. The third kappa shape index (κ3) is 1.41. The average molecular weight is 156 g/mol. The number of likely N-dealkylation sites (tertiary alicyclic amines) is 1. The van der Waals surface area contributed by atoms with Crippen LogP contribution in [0.15, 0.2) is 0 Å². The van der Waals surface area contributed by atoms with Gasteiger partial charge in [0.25, 0.3) is 0 Å². The van der Waals surface area contributed by atoms with Crippen LogP contribution in [-0.4, -0.2) is 50.3 Å². The van der Waals surface area contributed by atoms with E-state index in [1.54, 1.807) is 0 Å². The molecule has 0 unspecified atom stereocenters. The predicted molar refractivity (Wildman–Crippen MR) is 43.7 cm³/mol. The molecule has 11 heavy (non-hydrogen) atoms. The van der Waals surface area contributed by atoms with E-state index in [4.69, 9.17) is 4.74 Å². The molecule has 2 saturated heterocycles. The molecule has 0 aromatic carbocycles. The lowest BCUT2D eigenvalue weighted by Crippen LogP contribution is -2.51. The van der Waals surface area contributed by atoms with E-state index in [2.05, 4.69) is 17.3 Å². The van der Waals surface area contributed by atoms with Crippen molar-refractivity contribution in [1.29, 1.82) is 0 Å². The Hall–Kier alpha value is -0.120. The molecule has 2 rings (SSSR count). The van der Waals surface area contributed by atoms with Gasteiger partial charge >= 0.3 is 0 Å². The van der Waals surface area contributed by atoms with Gasteiger partial charge in [-0.15, -0.1) is 0 Å². The summed E-state index contributed by atoms with van der Waals surface area (Å²) in [6, 6.07) is 0. The lowest BCUT2D eigenvalue weighted by molar-refractivity contribution is -0.0560. The summed E-state index contributed by atoms with van der Waals surface area (Å²) in [5.41, 5.74) is 0.160. The summed E-state index contributed by atoms with van der Waals surface area (Å²) >= 11 is 0. The van der Waals surface area contributed by atoms with Crippen LogP contribution >= 0.6 is 0 Å². The van der Waals surface area contributed by atoms with E-state index in [9.17, 15) is 0 Å². The Labute approximate surface area is 67.7 Å². The van der Waals surface area contributed by atoms with Crippen LogP contribution in [0.3, 0.4) is 0 Å². The van der Waals surface area contributed by atoms with Gasteiger partial charge in [-0.3, -0.25) is 0 Å². The highest BCUT2D eigenvalue weighted by atomic mass is 16.5. The van der Waals surface area contributed by atoms with Gasteiger partial charge in [-0.25, -0.2) is 0 Å². The molecule has 2 heterocycles. The second kappa shape index (κ2) is 2.73. The number of hydrogen-bond donors (Lipinski definition) is 1. The Morgan fingerprint density at radius 3 is 3.00 bits per heavy atom. The fourth-order valence-electron chi connectivity index (χ4n) is 2.01. The minimum absolute atomic E-state index is 0.160. The zero-order valence-electron chi connectivity index (χ0n) is 7.10. The fraction of sp³-hybridized carbons (Fsp3) is 1.00. The Kier molecular flexibility index (Phi) is 1.87. The van der Waals surface area contributed by atoms with Crippen molar-refractivity contribution in [2.24, 2.45) is 0 Å². The summed E-state index contributed by atoms with van der Waals surface area (Å²) in [7, 11) is 2.16. The third-order valence-electron chi connectivity index (χ3n) is 2.64. The standard InChI is InChI=1S/C8H16N2O/c1-10-4-2-8(7-10)6-9-3-5-11-8/h9H,2-7H2,1H3/t8-/m0/s1. The maximum Gasteiger partial charge on any atom is 0.0944 e. The summed E-state index contributed by atoms with van der Waals surface area (Å²) in [4.78, 5) is 2.34. The SMILES string of the molecule is CN1CC[C@]2(CNCCO2)C1. The first-order valence-electron chi connectivity index (χ1n) is 4.34. The van der Waals surface area contributed by atoms with Crippen LogP contribution in [0.5, 0.6) is 0 Å². The van der Waals surface area contributed by atoms with Gasteiger partial charge in [0.2, 0.25) is 0 Å². The zero-order valence-corrected chi connectivity index (χ0v) is 7.10. The Morgan fingerprint density at radius 1 is 1.55 bits per heavy atom. The first kappa shape index (κ1) is 7.53. The minimum Gasteiger partial charge on any atom is -0.371 e. The van der Waals surface area contributed by atoms with Crippen LogP contribution in [0.2, 0.25) is 0 Å². The Morgan fingerprint density at radius 2 is 2.45 bits per heavy atom. The van der Waals surface area contributed by atoms with E-state index < -0.39 is 0 Å². The van der Waals surface area contributed by atoms with Crippen molar-refractivity contribution in [2.45, 2.75) is 12.0 Å². The molecule has 0 aliphatic carbocycles. The maximum atomic E-state index is 5.79. The average Bonchev–Trinajstić information content (AvgIpc) is 2.34. The van der Waals surface area contributed by atoms with Crippen LogP contribution in [0, 0.1) is 0 Å². The number of rotatable bonds is 0. The molecule has 1 spiro atoms. The highest BCUT2D eigenvalue weighted by Crippen LogP contribution is 2.24. The molecule has 1 atom stereocenters. The summed E-state index contributed by atoms with van der Waals surface area (Å²) < 4.78 is 5.79. The fourth-order valence-corrected chi connectivity index (χ4v) is 2.01. The molecule has 2 aliphatic rings. The predicted octanol–water partition coefficient (Wildman–Crippen LogP) is -0.319. The van der Waals surface area contributed by atoms with E-state index in [1.165, 1.54) is 13.0 Å². The van der Waals surface area contributed by atoms with Gasteiger partial charge in [0.1, 0.15) is 0 Å². The van der Waals surface area contributed by atoms with E-state index >= 15 is 0 Å². The van der Waals surface area contributed by atoms with Crippen LogP contribution < -0.4 is 5.32 Å². The number of ether oxygens (including phenoxy) is 1. The normalized spacial score (nSPS) is 40.1. The van der Waals surface area contributed by atoms with Crippen molar-refractivity contribution in [2.75, 3.05) is 39.8 Å². The van der Waals surface area contributed by atoms with Crippen LogP contribution in [0.4, 0.5) is 0 Å². The Bertz CT molecular complexity index is 138. The van der Waals surface area contributed by atoms with Gasteiger partial charge in [0.15, 0.2) is 0 Å². The molecule has 0 amide bonds. The van der Waals surface area contributed by atoms with Crippen molar-refractivity contribution in [3.05, 3.63) is 0 Å². The first-order chi connectivity index (χ1) is 5.31. The third-order valence-corrected chi connectivity index (χ3v) is 2.64. The number of likely N-dealkylation sites (N-methyl/N-ethyl adjacent to an activating group) is 1. The quantitative estimate of drug-likeness (QED) is 0.520. The molecule has 0 saturated carbocycles. The van der Waals surface area contributed by atoms with Crippen molar-refractivity contribution < 1.29 is 4.74 Å². The van der Waals surface area contributed by atoms with Crippen molar-refractivity contribution >= 4 is 0 Å². The number of nitrogens with zero attached hydrogens (tertiary/aromatic N) is 1. The molecule has 0 bridgehead atoms. The lowest BCUT2D eigenvalue weighted by Gasteiger charge is -2.33.